The lowest BCUT2D eigenvalue weighted by molar-refractivity contribution is -0.139. The van der Waals surface area contributed by atoms with Crippen molar-refractivity contribution in [3.05, 3.63) is 35.4 Å². The third kappa shape index (κ3) is 3.50. The molecule has 1 aliphatic rings. The van der Waals surface area contributed by atoms with E-state index in [0.29, 0.717) is 13.0 Å². The van der Waals surface area contributed by atoms with Gasteiger partial charge >= 0.3 is 5.97 Å². The first kappa shape index (κ1) is 13.9. The van der Waals surface area contributed by atoms with Gasteiger partial charge in [-0.3, -0.25) is 4.79 Å². The van der Waals surface area contributed by atoms with Crippen LogP contribution in [0.3, 0.4) is 0 Å². The van der Waals surface area contributed by atoms with Gasteiger partial charge in [-0.2, -0.15) is 0 Å². The topological polar surface area (TPSA) is 40.5 Å². The molecule has 0 radical (unpaired) electrons. The molecule has 0 spiro atoms. The lowest BCUT2D eigenvalue weighted by Gasteiger charge is -2.19. The Hall–Kier alpha value is -1.49. The number of halogens is 2. The molecule has 19 heavy (non-hydrogen) atoms. The van der Waals surface area contributed by atoms with Crippen LogP contribution in [0, 0.1) is 11.6 Å². The molecule has 0 bridgehead atoms. The summed E-state index contributed by atoms with van der Waals surface area (Å²) in [5.41, 5.74) is -0.0632. The Kier molecular flexibility index (Phi) is 4.47. The van der Waals surface area contributed by atoms with Gasteiger partial charge in [0.2, 0.25) is 0 Å². The van der Waals surface area contributed by atoms with Gasteiger partial charge in [0.05, 0.1) is 5.92 Å². The first-order valence-electron chi connectivity index (χ1n) is 6.48. The fourth-order valence-electron chi connectivity index (χ4n) is 2.51. The number of likely N-dealkylation sites (tertiary alicyclic amines) is 1. The van der Waals surface area contributed by atoms with Crippen molar-refractivity contribution >= 4 is 5.97 Å². The van der Waals surface area contributed by atoms with Crippen LogP contribution in [-0.2, 0) is 4.79 Å². The van der Waals surface area contributed by atoms with Crippen molar-refractivity contribution in [3.8, 4) is 0 Å². The molecule has 5 heteroatoms. The third-order valence-corrected chi connectivity index (χ3v) is 3.56. The molecular weight excluding hydrogens is 252 g/mol. The molecule has 0 aromatic heterocycles. The van der Waals surface area contributed by atoms with E-state index in [2.05, 4.69) is 4.90 Å². The highest BCUT2D eigenvalue weighted by atomic mass is 19.1. The zero-order valence-electron chi connectivity index (χ0n) is 10.6. The van der Waals surface area contributed by atoms with Gasteiger partial charge < -0.3 is 10.0 Å². The van der Waals surface area contributed by atoms with Gasteiger partial charge in [-0.25, -0.2) is 8.78 Å². The van der Waals surface area contributed by atoms with E-state index in [4.69, 9.17) is 0 Å². The molecule has 1 aliphatic heterocycles. The van der Waals surface area contributed by atoms with Crippen LogP contribution in [0.15, 0.2) is 18.2 Å². The van der Waals surface area contributed by atoms with Crippen LogP contribution in [0.4, 0.5) is 8.78 Å². The van der Waals surface area contributed by atoms with E-state index in [9.17, 15) is 18.7 Å². The number of hydrogen-bond acceptors (Lipinski definition) is 2. The van der Waals surface area contributed by atoms with E-state index in [1.807, 2.05) is 0 Å². The maximum atomic E-state index is 13.6. The highest BCUT2D eigenvalue weighted by molar-refractivity contribution is 5.76. The van der Waals surface area contributed by atoms with Crippen LogP contribution in [0.5, 0.6) is 0 Å². The normalized spacial score (nSPS) is 17.6. The van der Waals surface area contributed by atoms with Crippen LogP contribution >= 0.6 is 0 Å². The smallest absolute Gasteiger partial charge is 0.311 e. The minimum Gasteiger partial charge on any atom is -0.481 e. The average Bonchev–Trinajstić information content (AvgIpc) is 2.86. The van der Waals surface area contributed by atoms with E-state index in [0.717, 1.165) is 44.1 Å². The monoisotopic (exact) mass is 269 g/mol. The highest BCUT2D eigenvalue weighted by Crippen LogP contribution is 2.25. The summed E-state index contributed by atoms with van der Waals surface area (Å²) >= 11 is 0. The standard InChI is InChI=1S/C14H17F2NO2/c15-10-3-4-13(16)12(9-10)11(14(18)19)5-8-17-6-1-2-7-17/h3-4,9,11H,1-2,5-8H2,(H,18,19). The van der Waals surface area contributed by atoms with Gasteiger partial charge in [-0.15, -0.1) is 0 Å². The van der Waals surface area contributed by atoms with Gasteiger partial charge in [0.1, 0.15) is 11.6 Å². The number of aliphatic carboxylic acids is 1. The van der Waals surface area contributed by atoms with E-state index >= 15 is 0 Å². The van der Waals surface area contributed by atoms with E-state index in [1.165, 1.54) is 0 Å². The van der Waals surface area contributed by atoms with Gasteiger partial charge in [0.15, 0.2) is 0 Å². The maximum absolute atomic E-state index is 13.6. The summed E-state index contributed by atoms with van der Waals surface area (Å²) in [6.07, 6.45) is 2.54. The molecule has 0 aliphatic carbocycles. The second-order valence-electron chi connectivity index (χ2n) is 4.89. The van der Waals surface area contributed by atoms with E-state index < -0.39 is 23.5 Å². The van der Waals surface area contributed by atoms with Gasteiger partial charge in [0.25, 0.3) is 0 Å². The van der Waals surface area contributed by atoms with Crippen LogP contribution in [-0.4, -0.2) is 35.6 Å². The van der Waals surface area contributed by atoms with Crippen molar-refractivity contribution in [2.24, 2.45) is 0 Å². The first-order chi connectivity index (χ1) is 9.08. The number of nitrogens with zero attached hydrogens (tertiary/aromatic N) is 1. The first-order valence-corrected chi connectivity index (χ1v) is 6.48. The lowest BCUT2D eigenvalue weighted by Crippen LogP contribution is -2.25. The number of carboxylic acid groups (broad SMARTS) is 1. The number of hydrogen-bond donors (Lipinski definition) is 1. The lowest BCUT2D eigenvalue weighted by atomic mass is 9.95. The largest absolute Gasteiger partial charge is 0.481 e. The summed E-state index contributed by atoms with van der Waals surface area (Å²) in [5.74, 6) is -3.36. The SMILES string of the molecule is O=C(O)C(CCN1CCCC1)c1cc(F)ccc1F. The van der Waals surface area contributed by atoms with Crippen LogP contribution in [0.25, 0.3) is 0 Å². The average molecular weight is 269 g/mol. The molecule has 2 rings (SSSR count). The molecule has 0 saturated carbocycles. The molecular formula is C14H17F2NO2. The van der Waals surface area contributed by atoms with Gasteiger partial charge in [0, 0.05) is 5.56 Å². The molecule has 1 atom stereocenters. The highest BCUT2D eigenvalue weighted by Gasteiger charge is 2.25. The molecule has 1 aromatic carbocycles. The number of rotatable bonds is 5. The molecule has 1 fully saturated rings. The van der Waals surface area contributed by atoms with Crippen molar-refractivity contribution in [2.75, 3.05) is 19.6 Å². The Balaban J connectivity index is 2.10. The number of benzene rings is 1. The molecule has 0 amide bonds. The summed E-state index contributed by atoms with van der Waals surface area (Å²) in [4.78, 5) is 13.4. The molecule has 1 unspecified atom stereocenters. The Labute approximate surface area is 110 Å². The fourth-order valence-corrected chi connectivity index (χ4v) is 2.51. The summed E-state index contributed by atoms with van der Waals surface area (Å²) in [6.45, 7) is 2.52. The van der Waals surface area contributed by atoms with Crippen LogP contribution < -0.4 is 0 Å². The van der Waals surface area contributed by atoms with Crippen molar-refractivity contribution in [1.29, 1.82) is 0 Å². The van der Waals surface area contributed by atoms with Crippen molar-refractivity contribution in [1.82, 2.24) is 4.90 Å². The fraction of sp³-hybridized carbons (Fsp3) is 0.500. The Morgan fingerprint density at radius 3 is 2.63 bits per heavy atom. The number of carboxylic acids is 1. The second-order valence-corrected chi connectivity index (χ2v) is 4.89. The van der Waals surface area contributed by atoms with Crippen LogP contribution in [0.1, 0.15) is 30.7 Å². The van der Waals surface area contributed by atoms with Crippen LogP contribution in [0.2, 0.25) is 0 Å². The Morgan fingerprint density at radius 1 is 1.32 bits per heavy atom. The zero-order valence-corrected chi connectivity index (χ0v) is 10.6. The summed E-state index contributed by atoms with van der Waals surface area (Å²) in [6, 6.07) is 2.97. The molecule has 1 saturated heterocycles. The van der Waals surface area contributed by atoms with Crippen molar-refractivity contribution in [2.45, 2.75) is 25.2 Å². The maximum Gasteiger partial charge on any atom is 0.311 e. The molecule has 104 valence electrons. The number of carbonyl (C=O) groups is 1. The van der Waals surface area contributed by atoms with Gasteiger partial charge in [-0.1, -0.05) is 0 Å². The predicted octanol–water partition coefficient (Wildman–Crippen LogP) is 2.62. The minimum absolute atomic E-state index is 0.0632. The quantitative estimate of drug-likeness (QED) is 0.893. The second kappa shape index (κ2) is 6.10. The van der Waals surface area contributed by atoms with Crippen molar-refractivity contribution in [3.63, 3.8) is 0 Å². The summed E-state index contributed by atoms with van der Waals surface area (Å²) < 4.78 is 26.8. The summed E-state index contributed by atoms with van der Waals surface area (Å²) in [7, 11) is 0. The Bertz CT molecular complexity index is 459. The minimum atomic E-state index is -1.11. The Morgan fingerprint density at radius 2 is 2.00 bits per heavy atom. The van der Waals surface area contributed by atoms with Crippen molar-refractivity contribution < 1.29 is 18.7 Å². The zero-order chi connectivity index (χ0) is 13.8. The van der Waals surface area contributed by atoms with Gasteiger partial charge in [-0.05, 0) is 57.1 Å². The molecule has 1 aromatic rings. The molecule has 1 heterocycles. The predicted molar refractivity (Wildman–Crippen MR) is 67.0 cm³/mol. The van der Waals surface area contributed by atoms with E-state index in [-0.39, 0.29) is 5.56 Å². The third-order valence-electron chi connectivity index (χ3n) is 3.56. The summed E-state index contributed by atoms with van der Waals surface area (Å²) in [5, 5.41) is 9.21. The van der Waals surface area contributed by atoms with E-state index in [1.54, 1.807) is 0 Å². The molecule has 3 nitrogen and oxygen atoms in total. The molecule has 1 N–H and O–H groups in total.